The van der Waals surface area contributed by atoms with Gasteiger partial charge in [-0.3, -0.25) is 33.6 Å². The number of carboxylic acid groups (broad SMARTS) is 1. The summed E-state index contributed by atoms with van der Waals surface area (Å²) in [6.45, 7) is 6.45. The van der Waals surface area contributed by atoms with Gasteiger partial charge in [0.05, 0.1) is 25.4 Å². The molecule has 300 valence electrons. The predicted octanol–water partition coefficient (Wildman–Crippen LogP) is -3.14. The summed E-state index contributed by atoms with van der Waals surface area (Å²) in [4.78, 5) is 114. The second-order valence-electron chi connectivity index (χ2n) is 14.5. The number of hydrogen-bond acceptors (Lipinski definition) is 11. The van der Waals surface area contributed by atoms with Crippen molar-refractivity contribution in [1.82, 2.24) is 41.0 Å². The highest BCUT2D eigenvalue weighted by Crippen LogP contribution is 2.26. The van der Waals surface area contributed by atoms with E-state index >= 15 is 0 Å². The Kier molecular flexibility index (Phi) is 15.9. The molecule has 0 unspecified atom stereocenters. The van der Waals surface area contributed by atoms with Crippen LogP contribution >= 0.6 is 0 Å². The van der Waals surface area contributed by atoms with Crippen LogP contribution in [0.1, 0.15) is 71.9 Å². The number of hydrogen-bond donors (Lipinski definition) is 9. The number of likely N-dealkylation sites (tertiary alicyclic amines) is 2. The molecule has 1 aromatic rings. The van der Waals surface area contributed by atoms with E-state index in [1.807, 2.05) is 13.8 Å². The van der Waals surface area contributed by atoms with Gasteiger partial charge in [0.15, 0.2) is 0 Å². The Labute approximate surface area is 312 Å². The lowest BCUT2D eigenvalue weighted by Gasteiger charge is -2.33. The van der Waals surface area contributed by atoms with E-state index in [9.17, 15) is 48.6 Å². The highest BCUT2D eigenvalue weighted by atomic mass is 16.4. The first kappa shape index (κ1) is 43.3. The van der Waals surface area contributed by atoms with Gasteiger partial charge in [0.1, 0.15) is 36.3 Å². The van der Waals surface area contributed by atoms with Gasteiger partial charge >= 0.3 is 5.97 Å². The number of amides is 7. The Bertz CT molecular complexity index is 1520. The van der Waals surface area contributed by atoms with Crippen LogP contribution in [0.5, 0.6) is 0 Å². The van der Waals surface area contributed by atoms with Crippen molar-refractivity contribution in [1.29, 1.82) is 0 Å². The fourth-order valence-corrected chi connectivity index (χ4v) is 6.48. The Morgan fingerprint density at radius 2 is 1.44 bits per heavy atom. The van der Waals surface area contributed by atoms with Crippen molar-refractivity contribution >= 4 is 47.3 Å². The number of aliphatic carboxylic acids is 1. The van der Waals surface area contributed by atoms with Crippen molar-refractivity contribution in [3.8, 4) is 0 Å². The van der Waals surface area contributed by atoms with Crippen molar-refractivity contribution in [2.45, 2.75) is 115 Å². The molecule has 2 aliphatic heterocycles. The van der Waals surface area contributed by atoms with Crippen LogP contribution in [-0.2, 0) is 44.8 Å². The van der Waals surface area contributed by atoms with Gasteiger partial charge < -0.3 is 57.7 Å². The van der Waals surface area contributed by atoms with Crippen LogP contribution in [0, 0.1) is 11.8 Å². The standard InChI is InChI=1S/C34H54N10O10/c1-17(2)11-22(34(53)54)41-30(49)24-7-5-9-43(24)33(52)25-8-6-10-44(25)32(51)21(12-19-14-37-16-38-19)40-29(48)23(15-45)42-28(47)20(13-26(35)46)39-31(50)27(36)18(3)4/h14,16-18,20-25,27,45H,5-13,15,36H2,1-4H3,(H2,35,46)(H,37,38)(H,39,50)(H,40,48)(H,41,49)(H,42,47)(H,53,54)/t20-,21-,22-,23-,24-,25-,27-/m0/s1. The van der Waals surface area contributed by atoms with E-state index in [2.05, 4.69) is 31.2 Å². The summed E-state index contributed by atoms with van der Waals surface area (Å²) in [5.74, 6) is -6.91. The number of primary amides is 1. The summed E-state index contributed by atoms with van der Waals surface area (Å²) >= 11 is 0. The molecule has 3 rings (SSSR count). The Morgan fingerprint density at radius 3 is 2.00 bits per heavy atom. The van der Waals surface area contributed by atoms with E-state index in [-0.39, 0.29) is 44.2 Å². The number of nitrogens with zero attached hydrogens (tertiary/aromatic N) is 3. The maximum Gasteiger partial charge on any atom is 0.326 e. The van der Waals surface area contributed by atoms with Gasteiger partial charge in [-0.15, -0.1) is 0 Å². The largest absolute Gasteiger partial charge is 0.480 e. The topological polar surface area (TPSA) is 312 Å². The minimum atomic E-state index is -1.65. The maximum absolute atomic E-state index is 14.2. The number of aliphatic hydroxyl groups excluding tert-OH is 1. The van der Waals surface area contributed by atoms with Crippen LogP contribution in [0.15, 0.2) is 12.5 Å². The summed E-state index contributed by atoms with van der Waals surface area (Å²) in [5.41, 5.74) is 11.6. The Morgan fingerprint density at radius 1 is 0.852 bits per heavy atom. The van der Waals surface area contributed by atoms with E-state index in [1.54, 1.807) is 13.8 Å². The Hall–Kier alpha value is -5.11. The lowest BCUT2D eigenvalue weighted by atomic mass is 10.0. The van der Waals surface area contributed by atoms with Crippen LogP contribution in [-0.4, -0.2) is 139 Å². The summed E-state index contributed by atoms with van der Waals surface area (Å²) in [7, 11) is 0. The smallest absolute Gasteiger partial charge is 0.326 e. The third kappa shape index (κ3) is 11.7. The SMILES string of the molecule is CC(C)C[C@H](NC(=O)[C@@H]1CCCN1C(=O)[C@@H]1CCCN1C(=O)[C@H](Cc1cnc[nH]1)NC(=O)[C@H](CO)NC(=O)[C@H](CC(N)=O)NC(=O)[C@@H](N)C(C)C)C(=O)O. The number of carbonyl (C=O) groups excluding carboxylic acids is 7. The zero-order valence-corrected chi connectivity index (χ0v) is 31.1. The van der Waals surface area contributed by atoms with Crippen molar-refractivity contribution in [3.63, 3.8) is 0 Å². The zero-order chi connectivity index (χ0) is 40.3. The third-order valence-corrected chi connectivity index (χ3v) is 9.45. The number of nitrogens with one attached hydrogen (secondary N) is 5. The number of rotatable bonds is 19. The zero-order valence-electron chi connectivity index (χ0n) is 31.1. The molecule has 7 amide bonds. The molecule has 2 fully saturated rings. The molecule has 0 radical (unpaired) electrons. The van der Waals surface area contributed by atoms with E-state index in [1.165, 1.54) is 22.3 Å². The third-order valence-electron chi connectivity index (χ3n) is 9.45. The molecule has 2 saturated heterocycles. The molecule has 11 N–H and O–H groups in total. The van der Waals surface area contributed by atoms with Gasteiger partial charge in [0, 0.05) is 31.4 Å². The summed E-state index contributed by atoms with van der Waals surface area (Å²) in [5, 5.41) is 29.5. The van der Waals surface area contributed by atoms with Gasteiger partial charge in [-0.2, -0.15) is 0 Å². The number of imidazole rings is 1. The first-order valence-corrected chi connectivity index (χ1v) is 18.1. The van der Waals surface area contributed by atoms with Crippen LogP contribution < -0.4 is 32.7 Å². The normalized spacial score (nSPS) is 19.8. The Balaban J connectivity index is 1.78. The van der Waals surface area contributed by atoms with Gasteiger partial charge in [-0.25, -0.2) is 9.78 Å². The molecule has 54 heavy (non-hydrogen) atoms. The highest BCUT2D eigenvalue weighted by Gasteiger charge is 2.44. The van der Waals surface area contributed by atoms with Crippen molar-refractivity contribution in [2.75, 3.05) is 19.7 Å². The fraction of sp³-hybridized carbons (Fsp3) is 0.676. The molecule has 0 spiro atoms. The fourth-order valence-electron chi connectivity index (χ4n) is 6.48. The number of carboxylic acids is 1. The van der Waals surface area contributed by atoms with Gasteiger partial charge in [0.25, 0.3) is 0 Å². The number of aromatic amines is 1. The summed E-state index contributed by atoms with van der Waals surface area (Å²) in [6.07, 6.45) is 3.76. The van der Waals surface area contributed by atoms with Crippen molar-refractivity contribution in [3.05, 3.63) is 18.2 Å². The van der Waals surface area contributed by atoms with Crippen molar-refractivity contribution in [2.24, 2.45) is 23.3 Å². The molecule has 2 aliphatic rings. The molecular formula is C34H54N10O10. The van der Waals surface area contributed by atoms with E-state index < -0.39 is 103 Å². The molecule has 20 nitrogen and oxygen atoms in total. The average molecular weight is 763 g/mol. The van der Waals surface area contributed by atoms with Crippen LogP contribution in [0.2, 0.25) is 0 Å². The predicted molar refractivity (Wildman–Crippen MR) is 190 cm³/mol. The maximum atomic E-state index is 14.2. The summed E-state index contributed by atoms with van der Waals surface area (Å²) < 4.78 is 0. The van der Waals surface area contributed by atoms with E-state index in [0.29, 0.717) is 25.0 Å². The first-order chi connectivity index (χ1) is 25.4. The number of nitrogens with two attached hydrogens (primary N) is 2. The molecule has 0 aliphatic carbocycles. The van der Waals surface area contributed by atoms with Gasteiger partial charge in [0.2, 0.25) is 41.4 Å². The molecule has 0 aromatic carbocycles. The van der Waals surface area contributed by atoms with Crippen LogP contribution in [0.4, 0.5) is 0 Å². The number of carbonyl (C=O) groups is 8. The van der Waals surface area contributed by atoms with E-state index in [4.69, 9.17) is 11.5 Å². The molecule has 0 saturated carbocycles. The van der Waals surface area contributed by atoms with Gasteiger partial charge in [-0.05, 0) is 43.9 Å². The molecule has 7 atom stereocenters. The van der Waals surface area contributed by atoms with E-state index in [0.717, 1.165) is 0 Å². The average Bonchev–Trinajstić information content (AvgIpc) is 3.91. The minimum absolute atomic E-state index is 0.00894. The quantitative estimate of drug-likeness (QED) is 0.0675. The molecule has 20 heteroatoms. The molecule has 0 bridgehead atoms. The molecule has 3 heterocycles. The number of H-pyrrole nitrogens is 1. The van der Waals surface area contributed by atoms with Gasteiger partial charge in [-0.1, -0.05) is 27.7 Å². The number of aromatic nitrogens is 2. The monoisotopic (exact) mass is 762 g/mol. The minimum Gasteiger partial charge on any atom is -0.480 e. The summed E-state index contributed by atoms with van der Waals surface area (Å²) in [6, 6.07) is -8.56. The molecular weight excluding hydrogens is 708 g/mol. The number of aliphatic hydroxyl groups is 1. The first-order valence-electron chi connectivity index (χ1n) is 18.1. The second-order valence-corrected chi connectivity index (χ2v) is 14.5. The highest BCUT2D eigenvalue weighted by molar-refractivity contribution is 5.98. The van der Waals surface area contributed by atoms with Crippen molar-refractivity contribution < 1.29 is 48.6 Å². The lowest BCUT2D eigenvalue weighted by Crippen LogP contribution is -2.61. The van der Waals surface area contributed by atoms with Crippen LogP contribution in [0.25, 0.3) is 0 Å². The molecule has 1 aromatic heterocycles. The lowest BCUT2D eigenvalue weighted by molar-refractivity contribution is -0.149. The van der Waals surface area contributed by atoms with Crippen LogP contribution in [0.3, 0.4) is 0 Å². The second kappa shape index (κ2) is 19.8.